The van der Waals surface area contributed by atoms with Crippen LogP contribution in [0.2, 0.25) is 0 Å². The average molecular weight is 308 g/mol. The van der Waals surface area contributed by atoms with Crippen LogP contribution in [0.1, 0.15) is 24.0 Å². The zero-order valence-electron chi connectivity index (χ0n) is 12.7. The minimum Gasteiger partial charge on any atom is -0.466 e. The van der Waals surface area contributed by atoms with Crippen molar-refractivity contribution in [1.29, 1.82) is 0 Å². The molecule has 0 unspecified atom stereocenters. The number of carbonyl (C=O) groups is 2. The lowest BCUT2D eigenvalue weighted by Gasteiger charge is -2.08. The number of benzene rings is 1. The Morgan fingerprint density at radius 1 is 1.30 bits per heavy atom. The molecule has 116 valence electrons. The van der Waals surface area contributed by atoms with Gasteiger partial charge in [-0.15, -0.1) is 0 Å². The Hall–Kier alpha value is -2.69. The second kappa shape index (κ2) is 4.91. The Labute approximate surface area is 133 Å². The van der Waals surface area contributed by atoms with Crippen LogP contribution in [-0.2, 0) is 19.7 Å². The van der Waals surface area contributed by atoms with Gasteiger partial charge in [-0.1, -0.05) is 24.3 Å². The Morgan fingerprint density at radius 3 is 2.87 bits per heavy atom. The summed E-state index contributed by atoms with van der Waals surface area (Å²) in [4.78, 5) is 29.4. The first-order chi connectivity index (χ1) is 11.2. The first kappa shape index (κ1) is 13.9. The van der Waals surface area contributed by atoms with Crippen molar-refractivity contribution < 1.29 is 14.3 Å². The van der Waals surface area contributed by atoms with E-state index < -0.39 is 11.3 Å². The van der Waals surface area contributed by atoms with E-state index in [1.165, 1.54) is 0 Å². The maximum absolute atomic E-state index is 12.8. The number of para-hydroxylation sites is 1. The first-order valence-corrected chi connectivity index (χ1v) is 7.68. The highest BCUT2D eigenvalue weighted by atomic mass is 16.5. The number of nitrogens with one attached hydrogen (secondary N) is 1. The van der Waals surface area contributed by atoms with Gasteiger partial charge >= 0.3 is 5.97 Å². The van der Waals surface area contributed by atoms with Gasteiger partial charge in [0, 0.05) is 24.0 Å². The molecule has 1 aromatic carbocycles. The predicted octanol–water partition coefficient (Wildman–Crippen LogP) is 2.25. The molecule has 1 N–H and O–H groups in total. The molecule has 2 heterocycles. The van der Waals surface area contributed by atoms with E-state index in [9.17, 15) is 9.59 Å². The number of hydrogen-bond acceptors (Lipinski definition) is 4. The SMILES string of the molecule is CCOC(=O)[C@@H]1[C@@H](c2cccnc2)[C@@]12C(=O)Nc1ccccc12. The van der Waals surface area contributed by atoms with Crippen molar-refractivity contribution in [2.24, 2.45) is 5.92 Å². The zero-order valence-corrected chi connectivity index (χ0v) is 12.7. The van der Waals surface area contributed by atoms with Crippen LogP contribution in [0.25, 0.3) is 0 Å². The van der Waals surface area contributed by atoms with E-state index >= 15 is 0 Å². The van der Waals surface area contributed by atoms with Crippen molar-refractivity contribution in [2.45, 2.75) is 18.3 Å². The molecular weight excluding hydrogens is 292 g/mol. The summed E-state index contributed by atoms with van der Waals surface area (Å²) in [6.45, 7) is 2.07. The highest BCUT2D eigenvalue weighted by molar-refractivity contribution is 6.14. The van der Waals surface area contributed by atoms with Crippen molar-refractivity contribution in [2.75, 3.05) is 11.9 Å². The fourth-order valence-corrected chi connectivity index (χ4v) is 3.88. The number of esters is 1. The summed E-state index contributed by atoms with van der Waals surface area (Å²) in [7, 11) is 0. The van der Waals surface area contributed by atoms with E-state index in [0.29, 0.717) is 6.61 Å². The molecule has 1 aliphatic carbocycles. The Bertz CT molecular complexity index is 790. The first-order valence-electron chi connectivity index (χ1n) is 7.68. The smallest absolute Gasteiger partial charge is 0.311 e. The third-order valence-electron chi connectivity index (χ3n) is 4.79. The lowest BCUT2D eigenvalue weighted by atomic mass is 9.91. The summed E-state index contributed by atoms with van der Waals surface area (Å²) in [5, 5.41) is 2.91. The van der Waals surface area contributed by atoms with Crippen molar-refractivity contribution in [1.82, 2.24) is 4.98 Å². The molecule has 0 radical (unpaired) electrons. The molecule has 2 aliphatic rings. The minimum absolute atomic E-state index is 0.134. The molecule has 1 aromatic heterocycles. The number of amides is 1. The number of fused-ring (bicyclic) bond motifs is 2. The van der Waals surface area contributed by atoms with E-state index in [2.05, 4.69) is 10.3 Å². The molecule has 3 atom stereocenters. The van der Waals surface area contributed by atoms with Crippen molar-refractivity contribution in [3.05, 3.63) is 59.9 Å². The lowest BCUT2D eigenvalue weighted by Crippen LogP contribution is -2.25. The average Bonchev–Trinajstić information content (AvgIpc) is 3.19. The fraction of sp³-hybridized carbons (Fsp3) is 0.278. The molecule has 1 aliphatic heterocycles. The van der Waals surface area contributed by atoms with Gasteiger partial charge < -0.3 is 10.1 Å². The van der Waals surface area contributed by atoms with Gasteiger partial charge in [-0.2, -0.15) is 0 Å². The number of aromatic nitrogens is 1. The van der Waals surface area contributed by atoms with Gasteiger partial charge in [0.15, 0.2) is 0 Å². The monoisotopic (exact) mass is 308 g/mol. The summed E-state index contributed by atoms with van der Waals surface area (Å²) < 4.78 is 5.23. The fourth-order valence-electron chi connectivity index (χ4n) is 3.88. The Balaban J connectivity index is 1.85. The maximum atomic E-state index is 12.8. The second-order valence-corrected chi connectivity index (χ2v) is 5.86. The summed E-state index contributed by atoms with van der Waals surface area (Å²) in [5.41, 5.74) is 1.67. The molecular formula is C18H16N2O3. The number of ether oxygens (including phenoxy) is 1. The number of nitrogens with zero attached hydrogens (tertiary/aromatic N) is 1. The molecule has 4 rings (SSSR count). The standard InChI is InChI=1S/C18H16N2O3/c1-2-23-16(21)15-14(11-6-5-9-19-10-11)18(15)12-7-3-4-8-13(12)20-17(18)22/h3-10,14-15H,2H2,1H3,(H,20,22)/t14-,15+,18-/m1/s1. The van der Waals surface area contributed by atoms with Gasteiger partial charge in [0.2, 0.25) is 5.91 Å². The summed E-state index contributed by atoms with van der Waals surface area (Å²) in [6, 6.07) is 11.3. The maximum Gasteiger partial charge on any atom is 0.311 e. The van der Waals surface area contributed by atoms with E-state index in [4.69, 9.17) is 4.74 Å². The molecule has 1 saturated carbocycles. The zero-order chi connectivity index (χ0) is 16.0. The molecule has 1 spiro atoms. The molecule has 23 heavy (non-hydrogen) atoms. The number of hydrogen-bond donors (Lipinski definition) is 1. The lowest BCUT2D eigenvalue weighted by molar-refractivity contribution is -0.146. The summed E-state index contributed by atoms with van der Waals surface area (Å²) in [6.07, 6.45) is 3.40. The van der Waals surface area contributed by atoms with E-state index in [-0.39, 0.29) is 17.8 Å². The van der Waals surface area contributed by atoms with Gasteiger partial charge in [0.25, 0.3) is 0 Å². The molecule has 0 bridgehead atoms. The third kappa shape index (κ3) is 1.76. The van der Waals surface area contributed by atoms with Crippen LogP contribution in [0, 0.1) is 5.92 Å². The number of pyridine rings is 1. The summed E-state index contributed by atoms with van der Waals surface area (Å²) in [5.74, 6) is -1.20. The van der Waals surface area contributed by atoms with Crippen molar-refractivity contribution in [3.63, 3.8) is 0 Å². The van der Waals surface area contributed by atoms with Gasteiger partial charge in [-0.05, 0) is 30.2 Å². The van der Waals surface area contributed by atoms with E-state index in [1.54, 1.807) is 19.3 Å². The highest BCUT2D eigenvalue weighted by Crippen LogP contribution is 2.69. The molecule has 2 aromatic rings. The van der Waals surface area contributed by atoms with Crippen LogP contribution in [0.15, 0.2) is 48.8 Å². The minimum atomic E-state index is -0.869. The quantitative estimate of drug-likeness (QED) is 0.883. The van der Waals surface area contributed by atoms with Crippen LogP contribution < -0.4 is 5.32 Å². The van der Waals surface area contributed by atoms with Crippen LogP contribution >= 0.6 is 0 Å². The number of anilines is 1. The van der Waals surface area contributed by atoms with Crippen LogP contribution in [0.5, 0.6) is 0 Å². The molecule has 0 saturated heterocycles. The van der Waals surface area contributed by atoms with Crippen LogP contribution in [0.4, 0.5) is 5.69 Å². The highest BCUT2D eigenvalue weighted by Gasteiger charge is 2.77. The predicted molar refractivity (Wildman–Crippen MR) is 83.9 cm³/mol. The van der Waals surface area contributed by atoms with E-state index in [1.807, 2.05) is 36.4 Å². The Kier molecular flexibility index (Phi) is 2.98. The van der Waals surface area contributed by atoms with Crippen molar-refractivity contribution >= 4 is 17.6 Å². The van der Waals surface area contributed by atoms with Crippen LogP contribution in [-0.4, -0.2) is 23.5 Å². The Morgan fingerprint density at radius 2 is 2.13 bits per heavy atom. The largest absolute Gasteiger partial charge is 0.466 e. The molecule has 1 amide bonds. The third-order valence-corrected chi connectivity index (χ3v) is 4.79. The van der Waals surface area contributed by atoms with Gasteiger partial charge in [0.1, 0.15) is 0 Å². The number of carbonyl (C=O) groups excluding carboxylic acids is 2. The summed E-state index contributed by atoms with van der Waals surface area (Å²) >= 11 is 0. The van der Waals surface area contributed by atoms with Gasteiger partial charge in [0.05, 0.1) is 17.9 Å². The van der Waals surface area contributed by atoms with Crippen molar-refractivity contribution in [3.8, 4) is 0 Å². The van der Waals surface area contributed by atoms with Gasteiger partial charge in [-0.3, -0.25) is 14.6 Å². The molecule has 5 heteroatoms. The normalized spacial score (nSPS) is 27.4. The topological polar surface area (TPSA) is 68.3 Å². The number of rotatable bonds is 3. The van der Waals surface area contributed by atoms with Crippen LogP contribution in [0.3, 0.4) is 0 Å². The van der Waals surface area contributed by atoms with E-state index in [0.717, 1.165) is 16.8 Å². The molecule has 5 nitrogen and oxygen atoms in total. The second-order valence-electron chi connectivity index (χ2n) is 5.86. The van der Waals surface area contributed by atoms with Gasteiger partial charge in [-0.25, -0.2) is 0 Å². The molecule has 1 fully saturated rings.